The number of nitrogens with zero attached hydrogens (tertiary/aromatic N) is 2. The van der Waals surface area contributed by atoms with Gasteiger partial charge in [-0.2, -0.15) is 0 Å². The van der Waals surface area contributed by atoms with E-state index < -0.39 is 0 Å². The molecule has 1 amide bonds. The number of hydrogen-bond acceptors (Lipinski definition) is 3. The molecule has 96 valence electrons. The van der Waals surface area contributed by atoms with E-state index >= 15 is 0 Å². The Morgan fingerprint density at radius 3 is 2.72 bits per heavy atom. The maximum Gasteiger partial charge on any atom is 0.272 e. The fourth-order valence-electron chi connectivity index (χ4n) is 1.23. The SMILES string of the molecule is CC(C)N(C)C(=O)c1ccc(C#CCCO)cn1. The van der Waals surface area contributed by atoms with E-state index in [2.05, 4.69) is 16.8 Å². The van der Waals surface area contributed by atoms with E-state index in [-0.39, 0.29) is 18.6 Å². The highest BCUT2D eigenvalue weighted by Gasteiger charge is 2.14. The van der Waals surface area contributed by atoms with Crippen LogP contribution in [0.4, 0.5) is 0 Å². The van der Waals surface area contributed by atoms with E-state index in [1.807, 2.05) is 13.8 Å². The summed E-state index contributed by atoms with van der Waals surface area (Å²) in [5.41, 5.74) is 1.16. The van der Waals surface area contributed by atoms with Crippen LogP contribution in [0, 0.1) is 11.8 Å². The Bertz CT molecular complexity index is 455. The zero-order valence-corrected chi connectivity index (χ0v) is 11.0. The fraction of sp³-hybridized carbons (Fsp3) is 0.429. The lowest BCUT2D eigenvalue weighted by molar-refractivity contribution is 0.0749. The van der Waals surface area contributed by atoms with Crippen molar-refractivity contribution in [3.05, 3.63) is 29.6 Å². The van der Waals surface area contributed by atoms with Gasteiger partial charge >= 0.3 is 0 Å². The summed E-state index contributed by atoms with van der Waals surface area (Å²) in [6, 6.07) is 3.58. The minimum atomic E-state index is -0.0973. The second-order valence-corrected chi connectivity index (χ2v) is 4.22. The molecule has 0 aliphatic carbocycles. The monoisotopic (exact) mass is 246 g/mol. The summed E-state index contributed by atoms with van der Waals surface area (Å²) >= 11 is 0. The Morgan fingerprint density at radius 2 is 2.22 bits per heavy atom. The summed E-state index contributed by atoms with van der Waals surface area (Å²) in [5.74, 6) is 5.57. The van der Waals surface area contributed by atoms with Crippen LogP contribution in [-0.2, 0) is 0 Å². The second kappa shape index (κ2) is 6.77. The molecule has 4 heteroatoms. The number of amides is 1. The van der Waals surface area contributed by atoms with Crippen LogP contribution in [0.25, 0.3) is 0 Å². The standard InChI is InChI=1S/C14H18N2O2/c1-11(2)16(3)14(18)13-8-7-12(10-15-13)6-4-5-9-17/h7-8,10-11,17H,5,9H2,1-3H3. The highest BCUT2D eigenvalue weighted by molar-refractivity contribution is 5.92. The molecule has 1 rings (SSSR count). The van der Waals surface area contributed by atoms with Gasteiger partial charge in [0.05, 0.1) is 6.61 Å². The number of aliphatic hydroxyl groups is 1. The summed E-state index contributed by atoms with van der Waals surface area (Å²) in [7, 11) is 1.75. The number of aromatic nitrogens is 1. The van der Waals surface area contributed by atoms with Crippen molar-refractivity contribution in [2.24, 2.45) is 0 Å². The third-order valence-electron chi connectivity index (χ3n) is 2.55. The third kappa shape index (κ3) is 3.86. The van der Waals surface area contributed by atoms with E-state index in [0.717, 1.165) is 5.56 Å². The number of carbonyl (C=O) groups excluding carboxylic acids is 1. The van der Waals surface area contributed by atoms with Crippen molar-refractivity contribution >= 4 is 5.91 Å². The summed E-state index contributed by atoms with van der Waals surface area (Å²) in [4.78, 5) is 17.7. The largest absolute Gasteiger partial charge is 0.395 e. The first-order chi connectivity index (χ1) is 8.56. The molecule has 4 nitrogen and oxygen atoms in total. The number of hydrogen-bond donors (Lipinski definition) is 1. The zero-order chi connectivity index (χ0) is 13.5. The van der Waals surface area contributed by atoms with Crippen molar-refractivity contribution in [3.8, 4) is 11.8 Å². The van der Waals surface area contributed by atoms with Crippen LogP contribution in [0.1, 0.15) is 36.3 Å². The molecule has 0 atom stereocenters. The molecule has 1 N–H and O–H groups in total. The average molecular weight is 246 g/mol. The lowest BCUT2D eigenvalue weighted by Crippen LogP contribution is -2.33. The quantitative estimate of drug-likeness (QED) is 0.818. The molecular formula is C14H18N2O2. The van der Waals surface area contributed by atoms with E-state index in [1.165, 1.54) is 0 Å². The third-order valence-corrected chi connectivity index (χ3v) is 2.55. The molecule has 1 heterocycles. The molecule has 1 aromatic rings. The molecule has 0 aliphatic heterocycles. The predicted molar refractivity (Wildman–Crippen MR) is 70.0 cm³/mol. The van der Waals surface area contributed by atoms with Gasteiger partial charge in [0.25, 0.3) is 5.91 Å². The van der Waals surface area contributed by atoms with Crippen LogP contribution in [0.2, 0.25) is 0 Å². The smallest absolute Gasteiger partial charge is 0.272 e. The molecule has 0 unspecified atom stereocenters. The van der Waals surface area contributed by atoms with Gasteiger partial charge in [-0.1, -0.05) is 11.8 Å². The highest BCUT2D eigenvalue weighted by atomic mass is 16.2. The van der Waals surface area contributed by atoms with E-state index in [4.69, 9.17) is 5.11 Å². The molecule has 0 saturated heterocycles. The summed E-state index contributed by atoms with van der Waals surface area (Å²) in [5, 5.41) is 8.61. The van der Waals surface area contributed by atoms with Crippen molar-refractivity contribution in [2.75, 3.05) is 13.7 Å². The van der Waals surface area contributed by atoms with Gasteiger partial charge < -0.3 is 10.0 Å². The van der Waals surface area contributed by atoms with Crippen molar-refractivity contribution in [3.63, 3.8) is 0 Å². The van der Waals surface area contributed by atoms with Crippen LogP contribution < -0.4 is 0 Å². The van der Waals surface area contributed by atoms with Crippen molar-refractivity contribution in [2.45, 2.75) is 26.3 Å². The van der Waals surface area contributed by atoms with E-state index in [1.54, 1.807) is 30.3 Å². The maximum absolute atomic E-state index is 12.0. The zero-order valence-electron chi connectivity index (χ0n) is 11.0. The predicted octanol–water partition coefficient (Wildman–Crippen LogP) is 1.30. The van der Waals surface area contributed by atoms with Crippen LogP contribution in [0.3, 0.4) is 0 Å². The van der Waals surface area contributed by atoms with E-state index in [9.17, 15) is 4.79 Å². The Hall–Kier alpha value is -1.86. The van der Waals surface area contributed by atoms with Crippen LogP contribution >= 0.6 is 0 Å². The van der Waals surface area contributed by atoms with Gasteiger partial charge in [-0.15, -0.1) is 0 Å². The van der Waals surface area contributed by atoms with Gasteiger partial charge in [0, 0.05) is 31.3 Å². The average Bonchev–Trinajstić information content (AvgIpc) is 2.38. The van der Waals surface area contributed by atoms with Gasteiger partial charge in [-0.25, -0.2) is 4.98 Å². The van der Waals surface area contributed by atoms with Gasteiger partial charge in [-0.3, -0.25) is 4.79 Å². The molecule has 0 aliphatic rings. The lowest BCUT2D eigenvalue weighted by atomic mass is 10.2. The van der Waals surface area contributed by atoms with Gasteiger partial charge in [0.1, 0.15) is 5.69 Å². The maximum atomic E-state index is 12.0. The van der Waals surface area contributed by atoms with Crippen LogP contribution in [-0.4, -0.2) is 40.6 Å². The number of rotatable bonds is 3. The first-order valence-corrected chi connectivity index (χ1v) is 5.89. The summed E-state index contributed by atoms with van der Waals surface area (Å²) in [6.07, 6.45) is 2.02. The van der Waals surface area contributed by atoms with Crippen LogP contribution in [0.15, 0.2) is 18.3 Å². The summed E-state index contributed by atoms with van der Waals surface area (Å²) in [6.45, 7) is 3.95. The van der Waals surface area contributed by atoms with Gasteiger partial charge in [0.15, 0.2) is 0 Å². The molecule has 0 spiro atoms. The Labute approximate surface area is 108 Å². The number of carbonyl (C=O) groups is 1. The Balaban J connectivity index is 2.78. The van der Waals surface area contributed by atoms with Crippen molar-refractivity contribution in [1.29, 1.82) is 0 Å². The highest BCUT2D eigenvalue weighted by Crippen LogP contribution is 2.05. The molecule has 0 radical (unpaired) electrons. The molecule has 0 saturated carbocycles. The first kappa shape index (κ1) is 14.2. The second-order valence-electron chi connectivity index (χ2n) is 4.22. The normalized spacial score (nSPS) is 9.83. The Kier molecular flexibility index (Phi) is 5.34. The lowest BCUT2D eigenvalue weighted by Gasteiger charge is -2.20. The molecule has 18 heavy (non-hydrogen) atoms. The van der Waals surface area contributed by atoms with Crippen LogP contribution in [0.5, 0.6) is 0 Å². The van der Waals surface area contributed by atoms with Gasteiger partial charge in [0.2, 0.25) is 0 Å². The minimum Gasteiger partial charge on any atom is -0.395 e. The molecular weight excluding hydrogens is 228 g/mol. The molecule has 0 bridgehead atoms. The minimum absolute atomic E-state index is 0.0518. The van der Waals surface area contributed by atoms with Gasteiger partial charge in [-0.05, 0) is 26.0 Å². The fourth-order valence-corrected chi connectivity index (χ4v) is 1.23. The number of aliphatic hydroxyl groups excluding tert-OH is 1. The topological polar surface area (TPSA) is 53.4 Å². The molecule has 1 aromatic heterocycles. The van der Waals surface area contributed by atoms with Crippen molar-refractivity contribution in [1.82, 2.24) is 9.88 Å². The summed E-state index contributed by atoms with van der Waals surface area (Å²) < 4.78 is 0. The first-order valence-electron chi connectivity index (χ1n) is 5.89. The van der Waals surface area contributed by atoms with Crippen molar-refractivity contribution < 1.29 is 9.90 Å². The Morgan fingerprint density at radius 1 is 1.50 bits per heavy atom. The van der Waals surface area contributed by atoms with E-state index in [0.29, 0.717) is 12.1 Å². The number of pyridine rings is 1. The molecule has 0 fully saturated rings. The molecule has 0 aromatic carbocycles.